The summed E-state index contributed by atoms with van der Waals surface area (Å²) in [5.74, 6) is -0.186. The number of nitrogens with zero attached hydrogens (tertiary/aromatic N) is 3. The number of rotatable bonds is 8. The average molecular weight is 428 g/mol. The number of benzene rings is 1. The molecule has 0 spiro atoms. The number of hydrogen-bond acceptors (Lipinski definition) is 8. The number of carbonyl (C=O) groups excluding carboxylic acids is 2. The van der Waals surface area contributed by atoms with E-state index in [1.165, 1.54) is 29.1 Å². The van der Waals surface area contributed by atoms with Crippen LogP contribution in [-0.4, -0.2) is 33.2 Å². The van der Waals surface area contributed by atoms with Crippen LogP contribution in [0.4, 0.5) is 11.5 Å². The van der Waals surface area contributed by atoms with Crippen molar-refractivity contribution < 1.29 is 28.4 Å². The Bertz CT molecular complexity index is 1130. The molecule has 1 amide bonds. The number of aryl methyl sites for hydroxylation is 2. The van der Waals surface area contributed by atoms with E-state index in [9.17, 15) is 19.7 Å². The van der Waals surface area contributed by atoms with Crippen LogP contribution in [0, 0.1) is 17.0 Å². The van der Waals surface area contributed by atoms with Crippen LogP contribution >= 0.6 is 0 Å². The molecular formula is C20H20N4O7. The third-order valence-electron chi connectivity index (χ3n) is 4.30. The van der Waals surface area contributed by atoms with Crippen LogP contribution in [0.3, 0.4) is 0 Å². The number of nitro groups is 1. The number of carbonyl (C=O) groups is 2. The number of anilines is 1. The number of hydrogen-bond donors (Lipinski definition) is 1. The maximum absolute atomic E-state index is 12.5. The highest BCUT2D eigenvalue weighted by Gasteiger charge is 2.21. The van der Waals surface area contributed by atoms with Gasteiger partial charge in [-0.15, -0.1) is 0 Å². The molecule has 0 fully saturated rings. The van der Waals surface area contributed by atoms with E-state index in [2.05, 4.69) is 10.4 Å². The van der Waals surface area contributed by atoms with Crippen molar-refractivity contribution in [1.82, 2.24) is 9.78 Å². The van der Waals surface area contributed by atoms with Gasteiger partial charge in [0.1, 0.15) is 29.5 Å². The van der Waals surface area contributed by atoms with Gasteiger partial charge in [0.25, 0.3) is 11.6 Å². The van der Waals surface area contributed by atoms with E-state index in [1.807, 2.05) is 0 Å². The fourth-order valence-corrected chi connectivity index (χ4v) is 2.77. The van der Waals surface area contributed by atoms with Crippen LogP contribution in [0.15, 0.2) is 40.9 Å². The highest BCUT2D eigenvalue weighted by atomic mass is 16.6. The minimum Gasteiger partial charge on any atom is -0.486 e. The van der Waals surface area contributed by atoms with Gasteiger partial charge in [-0.3, -0.25) is 19.6 Å². The van der Waals surface area contributed by atoms with Gasteiger partial charge in [-0.1, -0.05) is 0 Å². The Morgan fingerprint density at radius 3 is 2.74 bits per heavy atom. The monoisotopic (exact) mass is 428 g/mol. The van der Waals surface area contributed by atoms with Crippen molar-refractivity contribution in [2.45, 2.75) is 20.5 Å². The zero-order chi connectivity index (χ0) is 22.5. The quantitative estimate of drug-likeness (QED) is 0.328. The van der Waals surface area contributed by atoms with Crippen molar-refractivity contribution in [3.63, 3.8) is 0 Å². The van der Waals surface area contributed by atoms with Crippen molar-refractivity contribution in [2.75, 3.05) is 11.9 Å². The Morgan fingerprint density at radius 2 is 2.06 bits per heavy atom. The molecule has 0 aliphatic heterocycles. The molecule has 0 radical (unpaired) electrons. The number of ether oxygens (including phenoxy) is 2. The van der Waals surface area contributed by atoms with E-state index in [-0.39, 0.29) is 36.0 Å². The average Bonchev–Trinajstić information content (AvgIpc) is 3.34. The molecule has 3 rings (SSSR count). The molecule has 11 nitrogen and oxygen atoms in total. The Labute approximate surface area is 176 Å². The second kappa shape index (κ2) is 9.11. The molecule has 2 aromatic heterocycles. The SMILES string of the molecule is CCOC(=O)c1cnn(C)c1NC(=O)c1ccc(COc2ccc([N+](=O)[O-])c(C)c2)o1. The number of nitrogens with one attached hydrogen (secondary N) is 1. The number of nitro benzene ring substituents is 1. The van der Waals surface area contributed by atoms with Crippen molar-refractivity contribution in [3.05, 3.63) is 69.3 Å². The van der Waals surface area contributed by atoms with E-state index in [0.717, 1.165) is 0 Å². The summed E-state index contributed by atoms with van der Waals surface area (Å²) in [6.45, 7) is 3.50. The van der Waals surface area contributed by atoms with E-state index < -0.39 is 16.8 Å². The maximum atomic E-state index is 12.5. The predicted octanol–water partition coefficient (Wildman–Crippen LogP) is 3.24. The van der Waals surface area contributed by atoms with Crippen LogP contribution in [0.5, 0.6) is 5.75 Å². The lowest BCUT2D eigenvalue weighted by Gasteiger charge is -2.07. The molecule has 2 heterocycles. The van der Waals surface area contributed by atoms with Gasteiger partial charge in [0.15, 0.2) is 5.76 Å². The zero-order valence-corrected chi connectivity index (χ0v) is 17.1. The molecule has 0 atom stereocenters. The van der Waals surface area contributed by atoms with Gasteiger partial charge < -0.3 is 19.2 Å². The van der Waals surface area contributed by atoms with Crippen LogP contribution in [0.1, 0.15) is 39.2 Å². The fourth-order valence-electron chi connectivity index (χ4n) is 2.77. The van der Waals surface area contributed by atoms with E-state index in [4.69, 9.17) is 13.9 Å². The lowest BCUT2D eigenvalue weighted by atomic mass is 10.2. The first kappa shape index (κ1) is 21.6. The van der Waals surface area contributed by atoms with Gasteiger partial charge in [-0.2, -0.15) is 5.10 Å². The molecule has 0 unspecified atom stereocenters. The second-order valence-corrected chi connectivity index (χ2v) is 6.47. The summed E-state index contributed by atoms with van der Waals surface area (Å²) < 4.78 is 17.4. The standard InChI is InChI=1S/C20H20N4O7/c1-4-29-20(26)15-10-21-23(3)18(15)22-19(25)17-8-6-14(31-17)11-30-13-5-7-16(24(27)28)12(2)9-13/h5-10H,4,11H2,1-3H3,(H,22,25). The van der Waals surface area contributed by atoms with Gasteiger partial charge in [-0.25, -0.2) is 4.79 Å². The number of amides is 1. The predicted molar refractivity (Wildman–Crippen MR) is 108 cm³/mol. The lowest BCUT2D eigenvalue weighted by molar-refractivity contribution is -0.385. The molecule has 11 heteroatoms. The van der Waals surface area contributed by atoms with E-state index >= 15 is 0 Å². The summed E-state index contributed by atoms with van der Waals surface area (Å²) in [7, 11) is 1.58. The summed E-state index contributed by atoms with van der Waals surface area (Å²) >= 11 is 0. The molecular weight excluding hydrogens is 408 g/mol. The van der Waals surface area contributed by atoms with Crippen LogP contribution < -0.4 is 10.1 Å². The van der Waals surface area contributed by atoms with E-state index in [1.54, 1.807) is 33.0 Å². The summed E-state index contributed by atoms with van der Waals surface area (Å²) in [5.41, 5.74) is 0.596. The minimum atomic E-state index is -0.599. The molecule has 0 aliphatic rings. The molecule has 1 N–H and O–H groups in total. The Morgan fingerprint density at radius 1 is 1.29 bits per heavy atom. The van der Waals surface area contributed by atoms with Crippen molar-refractivity contribution in [2.24, 2.45) is 7.05 Å². The topological polar surface area (TPSA) is 139 Å². The Kier molecular flexibility index (Phi) is 6.34. The van der Waals surface area contributed by atoms with Gasteiger partial charge in [-0.05, 0) is 38.1 Å². The highest BCUT2D eigenvalue weighted by molar-refractivity contribution is 6.05. The molecule has 0 saturated heterocycles. The van der Waals surface area contributed by atoms with Gasteiger partial charge in [0, 0.05) is 18.7 Å². The molecule has 0 aliphatic carbocycles. The molecule has 0 bridgehead atoms. The molecule has 1 aromatic carbocycles. The third kappa shape index (κ3) is 4.89. The van der Waals surface area contributed by atoms with Crippen molar-refractivity contribution in [1.29, 1.82) is 0 Å². The van der Waals surface area contributed by atoms with Crippen LogP contribution in [0.25, 0.3) is 0 Å². The first-order valence-electron chi connectivity index (χ1n) is 9.27. The van der Waals surface area contributed by atoms with E-state index in [0.29, 0.717) is 17.1 Å². The number of furan rings is 1. The highest BCUT2D eigenvalue weighted by Crippen LogP contribution is 2.24. The second-order valence-electron chi connectivity index (χ2n) is 6.47. The number of esters is 1. The summed E-state index contributed by atoms with van der Waals surface area (Å²) in [5, 5.41) is 17.4. The first-order valence-corrected chi connectivity index (χ1v) is 9.27. The first-order chi connectivity index (χ1) is 14.8. The Balaban J connectivity index is 1.65. The number of aromatic nitrogens is 2. The van der Waals surface area contributed by atoms with Crippen molar-refractivity contribution >= 4 is 23.4 Å². The lowest BCUT2D eigenvalue weighted by Crippen LogP contribution is -2.17. The summed E-state index contributed by atoms with van der Waals surface area (Å²) in [4.78, 5) is 34.9. The van der Waals surface area contributed by atoms with Crippen molar-refractivity contribution in [3.8, 4) is 5.75 Å². The summed E-state index contributed by atoms with van der Waals surface area (Å²) in [6, 6.07) is 7.44. The zero-order valence-electron chi connectivity index (χ0n) is 17.1. The molecule has 31 heavy (non-hydrogen) atoms. The molecule has 3 aromatic rings. The van der Waals surface area contributed by atoms with Crippen LogP contribution in [0.2, 0.25) is 0 Å². The Hall–Kier alpha value is -4.15. The minimum absolute atomic E-state index is 0.00154. The summed E-state index contributed by atoms with van der Waals surface area (Å²) in [6.07, 6.45) is 1.31. The fraction of sp³-hybridized carbons (Fsp3) is 0.250. The maximum Gasteiger partial charge on any atom is 0.343 e. The molecule has 162 valence electrons. The molecule has 0 saturated carbocycles. The third-order valence-corrected chi connectivity index (χ3v) is 4.30. The smallest absolute Gasteiger partial charge is 0.343 e. The van der Waals surface area contributed by atoms with Crippen LogP contribution in [-0.2, 0) is 18.4 Å². The van der Waals surface area contributed by atoms with Gasteiger partial charge in [0.05, 0.1) is 17.7 Å². The normalized spacial score (nSPS) is 10.5. The van der Waals surface area contributed by atoms with Gasteiger partial charge >= 0.3 is 5.97 Å². The largest absolute Gasteiger partial charge is 0.486 e. The van der Waals surface area contributed by atoms with Gasteiger partial charge in [0.2, 0.25) is 0 Å².